The molecule has 0 spiro atoms. The van der Waals surface area contributed by atoms with Crippen molar-refractivity contribution in [3.05, 3.63) is 24.0 Å². The summed E-state index contributed by atoms with van der Waals surface area (Å²) in [5, 5.41) is 13.5. The number of aromatic nitrogens is 4. The number of amides is 1. The van der Waals surface area contributed by atoms with Crippen LogP contribution >= 0.6 is 0 Å². The Morgan fingerprint density at radius 1 is 1.39 bits per heavy atom. The average Bonchev–Trinajstić information content (AvgIpc) is 3.07. The normalized spacial score (nSPS) is 22.2. The number of hydrogen-bond acceptors (Lipinski definition) is 6. The second kappa shape index (κ2) is 6.11. The van der Waals surface area contributed by atoms with Gasteiger partial charge in [-0.2, -0.15) is 10.1 Å². The summed E-state index contributed by atoms with van der Waals surface area (Å²) in [5.74, 6) is 2.50. The summed E-state index contributed by atoms with van der Waals surface area (Å²) in [6.45, 7) is 1.17. The van der Waals surface area contributed by atoms with Crippen molar-refractivity contribution < 1.29 is 9.32 Å². The molecule has 2 N–H and O–H groups in total. The summed E-state index contributed by atoms with van der Waals surface area (Å²) in [6, 6.07) is 1.77. The van der Waals surface area contributed by atoms with Gasteiger partial charge in [-0.1, -0.05) is 11.6 Å². The number of likely N-dealkylation sites (tertiary alicyclic amines) is 1. The van der Waals surface area contributed by atoms with Crippen LogP contribution in [0.15, 0.2) is 16.8 Å². The van der Waals surface area contributed by atoms with Crippen molar-refractivity contribution in [3.8, 4) is 0 Å². The molecule has 8 nitrogen and oxygen atoms in total. The quantitative estimate of drug-likeness (QED) is 0.873. The molecule has 1 atom stereocenters. The average molecular weight is 316 g/mol. The number of nitrogens with zero attached hydrogens (tertiary/aromatic N) is 4. The van der Waals surface area contributed by atoms with Gasteiger partial charge >= 0.3 is 0 Å². The number of rotatable bonds is 5. The molecule has 23 heavy (non-hydrogen) atoms. The van der Waals surface area contributed by atoms with Gasteiger partial charge in [-0.05, 0) is 32.2 Å². The number of anilines is 1. The van der Waals surface area contributed by atoms with Crippen LogP contribution in [0.5, 0.6) is 0 Å². The van der Waals surface area contributed by atoms with Crippen LogP contribution in [0.2, 0.25) is 0 Å². The zero-order valence-corrected chi connectivity index (χ0v) is 12.9. The maximum absolute atomic E-state index is 12.2. The highest BCUT2D eigenvalue weighted by Crippen LogP contribution is 2.39. The Kier molecular flexibility index (Phi) is 3.82. The molecule has 122 valence electrons. The number of carbonyl (C=O) groups is 1. The molecule has 2 fully saturated rings. The topological polar surface area (TPSA) is 99.9 Å². The predicted molar refractivity (Wildman–Crippen MR) is 81.7 cm³/mol. The van der Waals surface area contributed by atoms with Crippen molar-refractivity contribution in [1.82, 2.24) is 25.2 Å². The van der Waals surface area contributed by atoms with Gasteiger partial charge in [0.15, 0.2) is 5.82 Å². The third-order valence-corrected chi connectivity index (χ3v) is 4.42. The van der Waals surface area contributed by atoms with Gasteiger partial charge in [-0.3, -0.25) is 14.8 Å². The summed E-state index contributed by atoms with van der Waals surface area (Å²) in [4.78, 5) is 18.9. The molecule has 8 heteroatoms. The number of H-pyrrole nitrogens is 1. The third kappa shape index (κ3) is 3.26. The van der Waals surface area contributed by atoms with Gasteiger partial charge in [0.1, 0.15) is 5.82 Å². The van der Waals surface area contributed by atoms with E-state index in [1.165, 1.54) is 0 Å². The Balaban J connectivity index is 1.43. The van der Waals surface area contributed by atoms with Gasteiger partial charge in [0, 0.05) is 12.0 Å². The van der Waals surface area contributed by atoms with Gasteiger partial charge in [-0.15, -0.1) is 0 Å². The second-order valence-corrected chi connectivity index (χ2v) is 6.27. The summed E-state index contributed by atoms with van der Waals surface area (Å²) < 4.78 is 5.47. The van der Waals surface area contributed by atoms with Crippen LogP contribution in [-0.2, 0) is 4.79 Å². The molecular formula is C15H20N6O2. The van der Waals surface area contributed by atoms with E-state index in [0.29, 0.717) is 24.2 Å². The minimum Gasteiger partial charge on any atom is -0.338 e. The SMILES string of the molecule is O=C(CN1CCCCC1c1nc(C2CC2)no1)Nc1ccn[nH]1. The van der Waals surface area contributed by atoms with Crippen LogP contribution in [0.1, 0.15) is 55.8 Å². The smallest absolute Gasteiger partial charge is 0.244 e. The highest BCUT2D eigenvalue weighted by atomic mass is 16.5. The molecule has 0 radical (unpaired) electrons. The van der Waals surface area contributed by atoms with E-state index in [2.05, 4.69) is 30.6 Å². The van der Waals surface area contributed by atoms with Crippen molar-refractivity contribution in [2.75, 3.05) is 18.4 Å². The van der Waals surface area contributed by atoms with Gasteiger partial charge in [0.2, 0.25) is 11.8 Å². The molecule has 0 bridgehead atoms. The Morgan fingerprint density at radius 3 is 3.09 bits per heavy atom. The first-order valence-corrected chi connectivity index (χ1v) is 8.16. The Labute approximate surface area is 133 Å². The number of carbonyl (C=O) groups excluding carboxylic acids is 1. The molecule has 1 saturated heterocycles. The standard InChI is InChI=1S/C15H20N6O2/c22-13(17-12-6-7-16-19-12)9-21-8-2-1-3-11(21)15-18-14(20-23-15)10-4-5-10/h6-7,10-11H,1-5,8-9H2,(H2,16,17,19,22). The minimum absolute atomic E-state index is 0.0382. The van der Waals surface area contributed by atoms with Gasteiger partial charge in [0.05, 0.1) is 18.8 Å². The fourth-order valence-corrected chi connectivity index (χ4v) is 3.05. The summed E-state index contributed by atoms with van der Waals surface area (Å²) in [7, 11) is 0. The van der Waals surface area contributed by atoms with E-state index in [1.54, 1.807) is 12.3 Å². The van der Waals surface area contributed by atoms with E-state index < -0.39 is 0 Å². The molecule has 1 saturated carbocycles. The molecule has 2 aromatic rings. The van der Waals surface area contributed by atoms with Crippen LogP contribution in [0.4, 0.5) is 5.82 Å². The van der Waals surface area contributed by atoms with Crippen LogP contribution in [-0.4, -0.2) is 44.2 Å². The van der Waals surface area contributed by atoms with Crippen LogP contribution in [0.25, 0.3) is 0 Å². The second-order valence-electron chi connectivity index (χ2n) is 6.27. The Hall–Kier alpha value is -2.22. The van der Waals surface area contributed by atoms with Gasteiger partial charge in [0.25, 0.3) is 0 Å². The van der Waals surface area contributed by atoms with E-state index in [0.717, 1.165) is 44.5 Å². The highest BCUT2D eigenvalue weighted by Gasteiger charge is 2.33. The monoisotopic (exact) mass is 316 g/mol. The molecule has 1 aliphatic carbocycles. The van der Waals surface area contributed by atoms with Gasteiger partial charge in [-0.25, -0.2) is 0 Å². The lowest BCUT2D eigenvalue weighted by molar-refractivity contribution is -0.118. The minimum atomic E-state index is -0.0666. The van der Waals surface area contributed by atoms with Crippen molar-refractivity contribution >= 4 is 11.7 Å². The number of nitrogens with one attached hydrogen (secondary N) is 2. The molecule has 1 amide bonds. The molecule has 4 rings (SSSR count). The van der Waals surface area contributed by atoms with E-state index in [4.69, 9.17) is 4.52 Å². The van der Waals surface area contributed by atoms with E-state index in [9.17, 15) is 4.79 Å². The highest BCUT2D eigenvalue weighted by molar-refractivity contribution is 5.91. The number of hydrogen-bond donors (Lipinski definition) is 2. The summed E-state index contributed by atoms with van der Waals surface area (Å²) in [5.41, 5.74) is 0. The summed E-state index contributed by atoms with van der Waals surface area (Å²) in [6.07, 6.45) is 7.06. The first-order valence-electron chi connectivity index (χ1n) is 8.16. The predicted octanol–water partition coefficient (Wildman–Crippen LogP) is 1.84. The van der Waals surface area contributed by atoms with Crippen LogP contribution < -0.4 is 5.32 Å². The van der Waals surface area contributed by atoms with Crippen molar-refractivity contribution in [2.45, 2.75) is 44.1 Å². The zero-order chi connectivity index (χ0) is 15.6. The Morgan fingerprint density at radius 2 is 2.30 bits per heavy atom. The van der Waals surface area contributed by atoms with Crippen molar-refractivity contribution in [3.63, 3.8) is 0 Å². The lowest BCUT2D eigenvalue weighted by Crippen LogP contribution is -2.39. The zero-order valence-electron chi connectivity index (χ0n) is 12.9. The fourth-order valence-electron chi connectivity index (χ4n) is 3.05. The lowest BCUT2D eigenvalue weighted by atomic mass is 10.0. The first kappa shape index (κ1) is 14.4. The van der Waals surface area contributed by atoms with Gasteiger partial charge < -0.3 is 9.84 Å². The molecule has 0 aromatic carbocycles. The molecular weight excluding hydrogens is 296 g/mol. The largest absolute Gasteiger partial charge is 0.338 e. The fraction of sp³-hybridized carbons (Fsp3) is 0.600. The molecule has 2 aromatic heterocycles. The molecule has 3 heterocycles. The Bertz CT molecular complexity index is 663. The maximum atomic E-state index is 12.2. The maximum Gasteiger partial charge on any atom is 0.244 e. The van der Waals surface area contributed by atoms with Crippen LogP contribution in [0, 0.1) is 0 Å². The van der Waals surface area contributed by atoms with E-state index >= 15 is 0 Å². The van der Waals surface area contributed by atoms with E-state index in [1.807, 2.05) is 0 Å². The lowest BCUT2D eigenvalue weighted by Gasteiger charge is -2.32. The number of piperidine rings is 1. The van der Waals surface area contributed by atoms with Crippen molar-refractivity contribution in [1.29, 1.82) is 0 Å². The number of aromatic amines is 1. The molecule has 1 unspecified atom stereocenters. The third-order valence-electron chi connectivity index (χ3n) is 4.42. The van der Waals surface area contributed by atoms with E-state index in [-0.39, 0.29) is 11.9 Å². The molecule has 2 aliphatic rings. The summed E-state index contributed by atoms with van der Waals surface area (Å²) >= 11 is 0. The first-order chi connectivity index (χ1) is 11.3. The molecule has 1 aliphatic heterocycles. The van der Waals surface area contributed by atoms with Crippen molar-refractivity contribution in [2.24, 2.45) is 0 Å². The van der Waals surface area contributed by atoms with Crippen LogP contribution in [0.3, 0.4) is 0 Å².